The number of amides is 1. The van der Waals surface area contributed by atoms with Crippen molar-refractivity contribution in [3.63, 3.8) is 0 Å². The molecule has 7 nitrogen and oxygen atoms in total. The summed E-state index contributed by atoms with van der Waals surface area (Å²) in [6, 6.07) is 0. The first-order valence-electron chi connectivity index (χ1n) is 6.01. The number of esters is 1. The van der Waals surface area contributed by atoms with E-state index in [1.54, 1.807) is 20.8 Å². The molecule has 21 heavy (non-hydrogen) atoms. The number of aromatic carboxylic acids is 1. The van der Waals surface area contributed by atoms with Gasteiger partial charge in [-0.05, 0) is 33.3 Å². The van der Waals surface area contributed by atoms with Crippen LogP contribution in [0.5, 0.6) is 0 Å². The van der Waals surface area contributed by atoms with Crippen LogP contribution in [0.4, 0.5) is 9.80 Å². The zero-order valence-corrected chi connectivity index (χ0v) is 13.2. The molecule has 0 saturated carbocycles. The zero-order chi connectivity index (χ0) is 16.4. The number of rotatable bonds is 3. The van der Waals surface area contributed by atoms with E-state index in [1.165, 1.54) is 14.0 Å². The Bertz CT molecular complexity index is 584. The number of carbonyl (C=O) groups is 3. The Hall–Kier alpha value is -2.09. The first kappa shape index (κ1) is 17.0. The number of hydrogen-bond acceptors (Lipinski definition) is 6. The van der Waals surface area contributed by atoms with E-state index in [-0.39, 0.29) is 21.0 Å². The summed E-state index contributed by atoms with van der Waals surface area (Å²) in [6.07, 6.45) is -0.789. The van der Waals surface area contributed by atoms with E-state index < -0.39 is 23.6 Å². The molecular weight excluding hydrogens is 298 g/mol. The van der Waals surface area contributed by atoms with Gasteiger partial charge in [-0.25, -0.2) is 14.4 Å². The number of methoxy groups -OCH3 is 1. The van der Waals surface area contributed by atoms with Gasteiger partial charge in [-0.1, -0.05) is 0 Å². The number of hydrogen-bond donors (Lipinski definition) is 2. The highest BCUT2D eigenvalue weighted by atomic mass is 32.1. The van der Waals surface area contributed by atoms with Crippen molar-refractivity contribution in [2.75, 3.05) is 12.4 Å². The third-order valence-electron chi connectivity index (χ3n) is 2.35. The van der Waals surface area contributed by atoms with Gasteiger partial charge >= 0.3 is 18.0 Å². The van der Waals surface area contributed by atoms with Gasteiger partial charge in [0.2, 0.25) is 0 Å². The monoisotopic (exact) mass is 315 g/mol. The van der Waals surface area contributed by atoms with Gasteiger partial charge in [0.1, 0.15) is 15.5 Å². The van der Waals surface area contributed by atoms with Gasteiger partial charge in [-0.2, -0.15) is 0 Å². The highest BCUT2D eigenvalue weighted by Gasteiger charge is 2.27. The lowest BCUT2D eigenvalue weighted by atomic mass is 10.1. The van der Waals surface area contributed by atoms with Crippen molar-refractivity contribution in [3.8, 4) is 0 Å². The smallest absolute Gasteiger partial charge is 0.412 e. The van der Waals surface area contributed by atoms with Gasteiger partial charge in [0.25, 0.3) is 0 Å². The highest BCUT2D eigenvalue weighted by Crippen LogP contribution is 2.33. The summed E-state index contributed by atoms with van der Waals surface area (Å²) in [5.74, 6) is -1.90. The lowest BCUT2D eigenvalue weighted by molar-refractivity contribution is 0.0602. The first-order chi connectivity index (χ1) is 9.56. The van der Waals surface area contributed by atoms with Crippen LogP contribution in [0.15, 0.2) is 0 Å². The molecule has 8 heteroatoms. The van der Waals surface area contributed by atoms with Crippen molar-refractivity contribution in [1.29, 1.82) is 0 Å². The molecule has 0 atom stereocenters. The molecule has 1 heterocycles. The van der Waals surface area contributed by atoms with Crippen LogP contribution in [-0.2, 0) is 9.47 Å². The lowest BCUT2D eigenvalue weighted by Crippen LogP contribution is -2.27. The summed E-state index contributed by atoms with van der Waals surface area (Å²) >= 11 is 0.834. The van der Waals surface area contributed by atoms with Gasteiger partial charge in [0.05, 0.1) is 12.7 Å². The Morgan fingerprint density at radius 3 is 2.24 bits per heavy atom. The molecule has 0 saturated heterocycles. The van der Waals surface area contributed by atoms with Gasteiger partial charge < -0.3 is 14.6 Å². The molecule has 0 aliphatic heterocycles. The fourth-order valence-corrected chi connectivity index (χ4v) is 2.65. The zero-order valence-electron chi connectivity index (χ0n) is 12.4. The van der Waals surface area contributed by atoms with Crippen LogP contribution < -0.4 is 5.32 Å². The molecule has 0 fully saturated rings. The topological polar surface area (TPSA) is 102 Å². The number of thiophene rings is 1. The Morgan fingerprint density at radius 1 is 1.24 bits per heavy atom. The van der Waals surface area contributed by atoms with Crippen LogP contribution in [0.3, 0.4) is 0 Å². The summed E-state index contributed by atoms with van der Waals surface area (Å²) in [4.78, 5) is 34.7. The number of carboxylic acid groups (broad SMARTS) is 1. The van der Waals surface area contributed by atoms with Crippen molar-refractivity contribution in [1.82, 2.24) is 0 Å². The summed E-state index contributed by atoms with van der Waals surface area (Å²) in [6.45, 7) is 6.53. The molecule has 0 radical (unpaired) electrons. The van der Waals surface area contributed by atoms with Gasteiger partial charge in [-0.15, -0.1) is 11.3 Å². The van der Waals surface area contributed by atoms with E-state index in [4.69, 9.17) is 4.74 Å². The van der Waals surface area contributed by atoms with E-state index in [1.807, 2.05) is 0 Å². The van der Waals surface area contributed by atoms with Gasteiger partial charge in [0.15, 0.2) is 0 Å². The second-order valence-corrected chi connectivity index (χ2v) is 6.20. The third-order valence-corrected chi connectivity index (χ3v) is 3.53. The van der Waals surface area contributed by atoms with Crippen LogP contribution in [-0.4, -0.2) is 35.8 Å². The van der Waals surface area contributed by atoms with E-state index in [2.05, 4.69) is 10.1 Å². The van der Waals surface area contributed by atoms with E-state index in [0.717, 1.165) is 11.3 Å². The van der Waals surface area contributed by atoms with Gasteiger partial charge in [0, 0.05) is 0 Å². The molecule has 0 aliphatic carbocycles. The Labute approximate surface area is 125 Å². The van der Waals surface area contributed by atoms with Crippen LogP contribution in [0, 0.1) is 6.92 Å². The number of carbonyl (C=O) groups excluding carboxylic acids is 2. The van der Waals surface area contributed by atoms with Crippen molar-refractivity contribution in [2.45, 2.75) is 33.3 Å². The number of nitrogens with one attached hydrogen (secondary N) is 1. The van der Waals surface area contributed by atoms with Crippen molar-refractivity contribution < 1.29 is 29.0 Å². The van der Waals surface area contributed by atoms with E-state index in [9.17, 15) is 19.5 Å². The maximum absolute atomic E-state index is 11.7. The summed E-state index contributed by atoms with van der Waals surface area (Å²) in [7, 11) is 1.20. The molecule has 0 bridgehead atoms. The average molecular weight is 315 g/mol. The van der Waals surface area contributed by atoms with E-state index >= 15 is 0 Å². The normalized spacial score (nSPS) is 10.9. The average Bonchev–Trinajstić information content (AvgIpc) is 2.62. The quantitative estimate of drug-likeness (QED) is 0.832. The van der Waals surface area contributed by atoms with Crippen molar-refractivity contribution >= 4 is 34.4 Å². The maximum atomic E-state index is 11.7. The molecule has 0 aliphatic rings. The minimum absolute atomic E-state index is 0.0367. The fourth-order valence-electron chi connectivity index (χ4n) is 1.54. The molecule has 0 unspecified atom stereocenters. The van der Waals surface area contributed by atoms with Crippen LogP contribution in [0.1, 0.15) is 46.4 Å². The molecule has 1 amide bonds. The molecule has 0 aromatic carbocycles. The fraction of sp³-hybridized carbons (Fsp3) is 0.462. The highest BCUT2D eigenvalue weighted by molar-refractivity contribution is 7.18. The predicted octanol–water partition coefficient (Wildman–Crippen LogP) is 2.89. The number of ether oxygens (including phenoxy) is 2. The van der Waals surface area contributed by atoms with E-state index in [0.29, 0.717) is 0 Å². The predicted molar refractivity (Wildman–Crippen MR) is 77.2 cm³/mol. The molecule has 1 aromatic rings. The SMILES string of the molecule is COC(=O)c1sc(NC(=O)OC(C)(C)C)c(C(=O)O)c1C. The second-order valence-electron chi connectivity index (χ2n) is 5.18. The van der Waals surface area contributed by atoms with Crippen molar-refractivity contribution in [3.05, 3.63) is 16.0 Å². The number of carboxylic acids is 1. The van der Waals surface area contributed by atoms with Crippen LogP contribution in [0.2, 0.25) is 0 Å². The maximum Gasteiger partial charge on any atom is 0.412 e. The Balaban J connectivity index is 3.15. The molecule has 116 valence electrons. The molecule has 1 rings (SSSR count). The molecule has 2 N–H and O–H groups in total. The van der Waals surface area contributed by atoms with Crippen LogP contribution >= 0.6 is 11.3 Å². The molecular formula is C13H17NO6S. The third kappa shape index (κ3) is 4.19. The standard InChI is InChI=1S/C13H17NO6S/c1-6-7(10(15)16)9(21-8(6)11(17)19-5)14-12(18)20-13(2,3)4/h1-5H3,(H,14,18)(H,15,16). The molecule has 1 aromatic heterocycles. The minimum atomic E-state index is -1.25. The Kier molecular flexibility index (Phi) is 4.95. The second kappa shape index (κ2) is 6.13. The van der Waals surface area contributed by atoms with Crippen molar-refractivity contribution in [2.24, 2.45) is 0 Å². The Morgan fingerprint density at radius 2 is 1.81 bits per heavy atom. The molecule has 0 spiro atoms. The lowest BCUT2D eigenvalue weighted by Gasteiger charge is -2.19. The summed E-state index contributed by atoms with van der Waals surface area (Å²) in [5, 5.41) is 11.6. The number of anilines is 1. The summed E-state index contributed by atoms with van der Waals surface area (Å²) in [5.41, 5.74) is -0.623. The first-order valence-corrected chi connectivity index (χ1v) is 6.83. The van der Waals surface area contributed by atoms with Crippen LogP contribution in [0.25, 0.3) is 0 Å². The summed E-state index contributed by atoms with van der Waals surface area (Å²) < 4.78 is 9.65. The van der Waals surface area contributed by atoms with Gasteiger partial charge in [-0.3, -0.25) is 5.32 Å². The largest absolute Gasteiger partial charge is 0.478 e. The minimum Gasteiger partial charge on any atom is -0.478 e.